The molecule has 9 heteroatoms. The minimum atomic E-state index is -3.89. The van der Waals surface area contributed by atoms with Crippen molar-refractivity contribution >= 4 is 27.6 Å². The van der Waals surface area contributed by atoms with Gasteiger partial charge in [-0.05, 0) is 50.7 Å². The molecule has 1 amide bonds. The Hall–Kier alpha value is -2.91. The Labute approximate surface area is 189 Å². The van der Waals surface area contributed by atoms with Crippen LogP contribution < -0.4 is 4.72 Å². The highest BCUT2D eigenvalue weighted by Crippen LogP contribution is 2.18. The average Bonchev–Trinajstić information content (AvgIpc) is 2.80. The maximum Gasteiger partial charge on any atom is 0.338 e. The van der Waals surface area contributed by atoms with Gasteiger partial charge in [0, 0.05) is 31.9 Å². The Kier molecular flexibility index (Phi) is 7.52. The van der Waals surface area contributed by atoms with Gasteiger partial charge in [0.1, 0.15) is 0 Å². The number of rotatable bonds is 7. The van der Waals surface area contributed by atoms with Gasteiger partial charge in [0.25, 0.3) is 15.9 Å². The largest absolute Gasteiger partial charge is 0.449 e. The van der Waals surface area contributed by atoms with Gasteiger partial charge in [-0.15, -0.1) is 0 Å². The van der Waals surface area contributed by atoms with Crippen LogP contribution in [0.15, 0.2) is 53.4 Å². The highest BCUT2D eigenvalue weighted by atomic mass is 32.2. The van der Waals surface area contributed by atoms with E-state index in [1.807, 2.05) is 6.92 Å². The smallest absolute Gasteiger partial charge is 0.338 e. The standard InChI is InChI=1S/C23H29N3O5S/c1-4-25-12-14-26(15-13-25)22(27)18(3)31-23(28)19-6-5-7-21(16-19)32(29,30)24-20-10-8-17(2)9-11-20/h5-11,16,18,24H,4,12-15H2,1-3H3. The van der Waals surface area contributed by atoms with Gasteiger partial charge in [0.15, 0.2) is 6.10 Å². The predicted octanol–water partition coefficient (Wildman–Crippen LogP) is 2.51. The number of benzene rings is 2. The molecule has 2 aromatic rings. The number of carbonyl (C=O) groups is 2. The molecule has 1 aliphatic rings. The molecule has 1 atom stereocenters. The molecule has 3 rings (SSSR count). The van der Waals surface area contributed by atoms with E-state index in [0.717, 1.165) is 25.2 Å². The molecule has 172 valence electrons. The SMILES string of the molecule is CCN1CCN(C(=O)C(C)OC(=O)c2cccc(S(=O)(=O)Nc3ccc(C)cc3)c2)CC1. The zero-order valence-corrected chi connectivity index (χ0v) is 19.4. The Morgan fingerprint density at radius 1 is 1.06 bits per heavy atom. The van der Waals surface area contributed by atoms with E-state index >= 15 is 0 Å². The first-order chi connectivity index (χ1) is 15.2. The van der Waals surface area contributed by atoms with Crippen molar-refractivity contribution in [1.29, 1.82) is 0 Å². The molecule has 0 aliphatic carbocycles. The molecule has 0 spiro atoms. The fraction of sp³-hybridized carbons (Fsp3) is 0.391. The molecular formula is C23H29N3O5S. The van der Waals surface area contributed by atoms with Crippen LogP contribution in [-0.2, 0) is 19.6 Å². The third-order valence-electron chi connectivity index (χ3n) is 5.45. The first kappa shape index (κ1) is 23.7. The summed E-state index contributed by atoms with van der Waals surface area (Å²) in [6, 6.07) is 12.5. The Bertz CT molecular complexity index is 1060. The molecule has 1 fully saturated rings. The van der Waals surface area contributed by atoms with Gasteiger partial charge in [0.05, 0.1) is 10.5 Å². The van der Waals surface area contributed by atoms with Crippen LogP contribution in [0.5, 0.6) is 0 Å². The van der Waals surface area contributed by atoms with Crippen LogP contribution in [0.2, 0.25) is 0 Å². The maximum atomic E-state index is 12.7. The molecule has 2 aromatic carbocycles. The second-order valence-corrected chi connectivity index (χ2v) is 9.49. The summed E-state index contributed by atoms with van der Waals surface area (Å²) >= 11 is 0. The summed E-state index contributed by atoms with van der Waals surface area (Å²) in [5.41, 5.74) is 1.49. The van der Waals surface area contributed by atoms with Crippen molar-refractivity contribution in [1.82, 2.24) is 9.80 Å². The number of anilines is 1. The van der Waals surface area contributed by atoms with Crippen LogP contribution in [0, 0.1) is 6.92 Å². The van der Waals surface area contributed by atoms with Crippen LogP contribution in [0.3, 0.4) is 0 Å². The number of piperazine rings is 1. The third kappa shape index (κ3) is 5.86. The summed E-state index contributed by atoms with van der Waals surface area (Å²) in [5, 5.41) is 0. The molecule has 0 radical (unpaired) electrons. The van der Waals surface area contributed by atoms with Crippen molar-refractivity contribution in [2.75, 3.05) is 37.4 Å². The monoisotopic (exact) mass is 459 g/mol. The highest BCUT2D eigenvalue weighted by molar-refractivity contribution is 7.92. The summed E-state index contributed by atoms with van der Waals surface area (Å²) in [6.45, 7) is 9.21. The van der Waals surface area contributed by atoms with E-state index in [4.69, 9.17) is 4.74 Å². The summed E-state index contributed by atoms with van der Waals surface area (Å²) in [4.78, 5) is 29.1. The molecule has 1 aliphatic heterocycles. The topological polar surface area (TPSA) is 96.0 Å². The van der Waals surface area contributed by atoms with Crippen LogP contribution >= 0.6 is 0 Å². The van der Waals surface area contributed by atoms with Crippen molar-refractivity contribution in [3.05, 3.63) is 59.7 Å². The van der Waals surface area contributed by atoms with E-state index in [9.17, 15) is 18.0 Å². The number of nitrogens with zero attached hydrogens (tertiary/aromatic N) is 2. The lowest BCUT2D eigenvalue weighted by Crippen LogP contribution is -2.51. The normalized spacial score (nSPS) is 15.8. The van der Waals surface area contributed by atoms with Gasteiger partial charge in [-0.3, -0.25) is 9.52 Å². The average molecular weight is 460 g/mol. The molecule has 1 unspecified atom stereocenters. The zero-order chi connectivity index (χ0) is 23.3. The molecular weight excluding hydrogens is 430 g/mol. The first-order valence-corrected chi connectivity index (χ1v) is 12.1. The van der Waals surface area contributed by atoms with Crippen LogP contribution in [0.25, 0.3) is 0 Å². The second kappa shape index (κ2) is 10.1. The van der Waals surface area contributed by atoms with Gasteiger partial charge >= 0.3 is 5.97 Å². The number of esters is 1. The van der Waals surface area contributed by atoms with Gasteiger partial charge < -0.3 is 14.5 Å². The van der Waals surface area contributed by atoms with Gasteiger partial charge in [-0.2, -0.15) is 0 Å². The summed E-state index contributed by atoms with van der Waals surface area (Å²) in [5.74, 6) is -0.996. The van der Waals surface area contributed by atoms with E-state index in [1.165, 1.54) is 31.2 Å². The number of ether oxygens (including phenoxy) is 1. The number of nitrogens with one attached hydrogen (secondary N) is 1. The molecule has 32 heavy (non-hydrogen) atoms. The third-order valence-corrected chi connectivity index (χ3v) is 6.83. The number of likely N-dealkylation sites (N-methyl/N-ethyl adjacent to an activating group) is 1. The minimum Gasteiger partial charge on any atom is -0.449 e. The number of amides is 1. The lowest BCUT2D eigenvalue weighted by atomic mass is 10.2. The van der Waals surface area contributed by atoms with Gasteiger partial charge in [0.2, 0.25) is 0 Å². The fourth-order valence-electron chi connectivity index (χ4n) is 3.45. The van der Waals surface area contributed by atoms with Crippen molar-refractivity contribution in [2.24, 2.45) is 0 Å². The van der Waals surface area contributed by atoms with Crippen molar-refractivity contribution in [3.63, 3.8) is 0 Å². The lowest BCUT2D eigenvalue weighted by Gasteiger charge is -2.35. The van der Waals surface area contributed by atoms with Crippen molar-refractivity contribution in [2.45, 2.75) is 31.8 Å². The Morgan fingerprint density at radius 3 is 2.34 bits per heavy atom. The van der Waals surface area contributed by atoms with Gasteiger partial charge in [-0.25, -0.2) is 13.2 Å². The maximum absolute atomic E-state index is 12.7. The molecule has 1 heterocycles. The summed E-state index contributed by atoms with van der Waals surface area (Å²) in [7, 11) is -3.89. The van der Waals surface area contributed by atoms with E-state index in [2.05, 4.69) is 16.5 Å². The zero-order valence-electron chi connectivity index (χ0n) is 18.6. The number of sulfonamides is 1. The van der Waals surface area contributed by atoms with Crippen LogP contribution in [-0.4, -0.2) is 68.9 Å². The number of hydrogen-bond acceptors (Lipinski definition) is 6. The number of hydrogen-bond donors (Lipinski definition) is 1. The molecule has 1 saturated heterocycles. The summed E-state index contributed by atoms with van der Waals surface area (Å²) < 4.78 is 33.3. The molecule has 8 nitrogen and oxygen atoms in total. The quantitative estimate of drug-likeness (QED) is 0.639. The molecule has 1 N–H and O–H groups in total. The number of aryl methyl sites for hydroxylation is 1. The van der Waals surface area contributed by atoms with E-state index in [-0.39, 0.29) is 16.4 Å². The summed E-state index contributed by atoms with van der Waals surface area (Å²) in [6.07, 6.45) is -0.957. The van der Waals surface area contributed by atoms with Crippen LogP contribution in [0.1, 0.15) is 29.8 Å². The van der Waals surface area contributed by atoms with E-state index in [1.54, 1.807) is 29.2 Å². The van der Waals surface area contributed by atoms with Crippen molar-refractivity contribution in [3.8, 4) is 0 Å². The second-order valence-electron chi connectivity index (χ2n) is 7.81. The lowest BCUT2D eigenvalue weighted by molar-refractivity contribution is -0.141. The Morgan fingerprint density at radius 2 is 1.72 bits per heavy atom. The molecule has 0 bridgehead atoms. The first-order valence-electron chi connectivity index (χ1n) is 10.6. The fourth-order valence-corrected chi connectivity index (χ4v) is 4.55. The molecule has 0 aromatic heterocycles. The highest BCUT2D eigenvalue weighted by Gasteiger charge is 2.27. The number of carbonyl (C=O) groups excluding carboxylic acids is 2. The van der Waals surface area contributed by atoms with E-state index < -0.39 is 22.1 Å². The van der Waals surface area contributed by atoms with Crippen molar-refractivity contribution < 1.29 is 22.7 Å². The predicted molar refractivity (Wildman–Crippen MR) is 122 cm³/mol. The Balaban J connectivity index is 1.65. The minimum absolute atomic E-state index is 0.0623. The van der Waals surface area contributed by atoms with Crippen LogP contribution in [0.4, 0.5) is 5.69 Å². The molecule has 0 saturated carbocycles. The van der Waals surface area contributed by atoms with Gasteiger partial charge in [-0.1, -0.05) is 30.7 Å². The van der Waals surface area contributed by atoms with E-state index in [0.29, 0.717) is 18.8 Å².